The lowest BCUT2D eigenvalue weighted by Crippen LogP contribution is -2.22. The highest BCUT2D eigenvalue weighted by atomic mass is 16.4. The molecule has 3 aromatic rings. The van der Waals surface area contributed by atoms with Gasteiger partial charge in [-0.2, -0.15) is 4.98 Å². The van der Waals surface area contributed by atoms with Gasteiger partial charge in [0.1, 0.15) is 5.82 Å². The Bertz CT molecular complexity index is 1010. The van der Waals surface area contributed by atoms with E-state index in [0.717, 1.165) is 11.3 Å². The lowest BCUT2D eigenvalue weighted by Gasteiger charge is -2.14. The fourth-order valence-corrected chi connectivity index (χ4v) is 2.55. The number of carbonyl (C=O) groups excluding carboxylic acids is 1. The van der Waals surface area contributed by atoms with Crippen molar-refractivity contribution < 1.29 is 9.21 Å². The molecule has 3 N–H and O–H groups in total. The standard InChI is InChI=1S/C19H23N7O2/c1-10(2)16-24-25-17(28-16)14-9-21-19(23-15(14)20)22-12-6-7-13(11(3)8-12)18(27)26(4)5/h6-10H,1-5H3,(H3,20,21,22,23). The first-order valence-corrected chi connectivity index (χ1v) is 8.82. The summed E-state index contributed by atoms with van der Waals surface area (Å²) in [6, 6.07) is 5.42. The summed E-state index contributed by atoms with van der Waals surface area (Å²) in [7, 11) is 3.44. The van der Waals surface area contributed by atoms with Crippen LogP contribution in [0, 0.1) is 6.92 Å². The third-order valence-corrected chi connectivity index (χ3v) is 4.10. The van der Waals surface area contributed by atoms with Crippen molar-refractivity contribution in [2.24, 2.45) is 0 Å². The minimum atomic E-state index is -0.0470. The summed E-state index contributed by atoms with van der Waals surface area (Å²) in [5.41, 5.74) is 8.77. The number of nitrogens with two attached hydrogens (primary N) is 1. The molecule has 1 amide bonds. The first-order valence-electron chi connectivity index (χ1n) is 8.82. The maximum absolute atomic E-state index is 12.1. The highest BCUT2D eigenvalue weighted by Crippen LogP contribution is 2.26. The smallest absolute Gasteiger partial charge is 0.253 e. The largest absolute Gasteiger partial charge is 0.420 e. The van der Waals surface area contributed by atoms with E-state index in [-0.39, 0.29) is 23.5 Å². The summed E-state index contributed by atoms with van der Waals surface area (Å²) in [6.45, 7) is 5.80. The first-order chi connectivity index (χ1) is 13.3. The topological polar surface area (TPSA) is 123 Å². The fourth-order valence-electron chi connectivity index (χ4n) is 2.55. The molecular weight excluding hydrogens is 358 g/mol. The number of hydrogen-bond donors (Lipinski definition) is 2. The Hall–Kier alpha value is -3.49. The molecule has 146 valence electrons. The molecule has 0 bridgehead atoms. The Morgan fingerprint density at radius 2 is 2.00 bits per heavy atom. The van der Waals surface area contributed by atoms with Gasteiger partial charge < -0.3 is 20.4 Å². The van der Waals surface area contributed by atoms with E-state index in [9.17, 15) is 4.79 Å². The molecule has 0 spiro atoms. The van der Waals surface area contributed by atoms with Crippen LogP contribution < -0.4 is 11.1 Å². The van der Waals surface area contributed by atoms with Gasteiger partial charge in [-0.05, 0) is 30.7 Å². The van der Waals surface area contributed by atoms with Crippen molar-refractivity contribution in [2.75, 3.05) is 25.1 Å². The Labute approximate surface area is 163 Å². The Morgan fingerprint density at radius 3 is 2.57 bits per heavy atom. The highest BCUT2D eigenvalue weighted by molar-refractivity contribution is 5.95. The Balaban J connectivity index is 1.81. The predicted octanol–water partition coefficient (Wildman–Crippen LogP) is 2.99. The summed E-state index contributed by atoms with van der Waals surface area (Å²) in [6.07, 6.45) is 1.54. The van der Waals surface area contributed by atoms with Crippen LogP contribution in [0.5, 0.6) is 0 Å². The summed E-state index contributed by atoms with van der Waals surface area (Å²) < 4.78 is 5.60. The molecule has 3 rings (SSSR count). The quantitative estimate of drug-likeness (QED) is 0.691. The van der Waals surface area contributed by atoms with Crippen LogP contribution in [0.15, 0.2) is 28.8 Å². The average Bonchev–Trinajstić information content (AvgIpc) is 3.11. The second-order valence-electron chi connectivity index (χ2n) is 6.95. The van der Waals surface area contributed by atoms with Gasteiger partial charge in [-0.15, -0.1) is 10.2 Å². The van der Waals surface area contributed by atoms with Crippen molar-refractivity contribution in [1.29, 1.82) is 0 Å². The Kier molecular flexibility index (Phi) is 5.25. The second kappa shape index (κ2) is 7.63. The number of hydrogen-bond acceptors (Lipinski definition) is 8. The molecule has 0 atom stereocenters. The van der Waals surface area contributed by atoms with Gasteiger partial charge in [0.25, 0.3) is 11.8 Å². The third kappa shape index (κ3) is 3.93. The van der Waals surface area contributed by atoms with Crippen molar-refractivity contribution >= 4 is 23.4 Å². The van der Waals surface area contributed by atoms with Crippen LogP contribution in [0.2, 0.25) is 0 Å². The number of amides is 1. The maximum atomic E-state index is 12.1. The van der Waals surface area contributed by atoms with Gasteiger partial charge in [0.05, 0.1) is 5.56 Å². The molecule has 0 radical (unpaired) electrons. The van der Waals surface area contributed by atoms with E-state index in [1.165, 1.54) is 0 Å². The minimum absolute atomic E-state index is 0.0470. The van der Waals surface area contributed by atoms with Crippen molar-refractivity contribution in [3.8, 4) is 11.5 Å². The SMILES string of the molecule is Cc1cc(Nc2ncc(-c3nnc(C(C)C)o3)c(N)n2)ccc1C(=O)N(C)C. The fraction of sp³-hybridized carbons (Fsp3) is 0.316. The Morgan fingerprint density at radius 1 is 1.25 bits per heavy atom. The van der Waals surface area contributed by atoms with E-state index in [4.69, 9.17) is 10.2 Å². The molecule has 0 saturated heterocycles. The molecule has 0 aliphatic carbocycles. The van der Waals surface area contributed by atoms with Crippen LogP contribution in [0.3, 0.4) is 0 Å². The number of rotatable bonds is 5. The summed E-state index contributed by atoms with van der Waals surface area (Å²) in [4.78, 5) is 22.2. The van der Waals surface area contributed by atoms with Crippen LogP contribution in [-0.2, 0) is 0 Å². The number of nitrogen functional groups attached to an aromatic ring is 1. The van der Waals surface area contributed by atoms with Crippen LogP contribution >= 0.6 is 0 Å². The zero-order chi connectivity index (χ0) is 20.4. The number of aromatic nitrogens is 4. The van der Waals surface area contributed by atoms with Gasteiger partial charge in [0, 0.05) is 37.5 Å². The molecule has 0 aliphatic rings. The molecule has 0 saturated carbocycles. The van der Waals surface area contributed by atoms with E-state index in [1.807, 2.05) is 26.8 Å². The lowest BCUT2D eigenvalue weighted by molar-refractivity contribution is 0.0827. The molecular formula is C19H23N7O2. The van der Waals surface area contributed by atoms with Gasteiger partial charge >= 0.3 is 0 Å². The second-order valence-corrected chi connectivity index (χ2v) is 6.95. The van der Waals surface area contributed by atoms with Gasteiger partial charge in [0.2, 0.25) is 11.8 Å². The van der Waals surface area contributed by atoms with Crippen molar-refractivity contribution in [2.45, 2.75) is 26.7 Å². The van der Waals surface area contributed by atoms with E-state index < -0.39 is 0 Å². The van der Waals surface area contributed by atoms with E-state index in [0.29, 0.717) is 23.0 Å². The number of carbonyl (C=O) groups is 1. The van der Waals surface area contributed by atoms with Gasteiger partial charge in [-0.1, -0.05) is 13.8 Å². The van der Waals surface area contributed by atoms with Crippen molar-refractivity contribution in [3.05, 3.63) is 41.4 Å². The maximum Gasteiger partial charge on any atom is 0.253 e. The van der Waals surface area contributed by atoms with Gasteiger partial charge in [0.15, 0.2) is 0 Å². The van der Waals surface area contributed by atoms with Gasteiger partial charge in [-0.25, -0.2) is 4.98 Å². The number of aryl methyl sites for hydroxylation is 1. The third-order valence-electron chi connectivity index (χ3n) is 4.10. The number of anilines is 3. The summed E-state index contributed by atoms with van der Waals surface area (Å²) >= 11 is 0. The normalized spacial score (nSPS) is 10.9. The molecule has 28 heavy (non-hydrogen) atoms. The number of nitrogens with zero attached hydrogens (tertiary/aromatic N) is 5. The lowest BCUT2D eigenvalue weighted by atomic mass is 10.1. The number of nitrogens with one attached hydrogen (secondary N) is 1. The summed E-state index contributed by atoms with van der Waals surface area (Å²) in [5.74, 6) is 1.45. The molecule has 0 unspecified atom stereocenters. The molecule has 0 fully saturated rings. The number of benzene rings is 1. The summed E-state index contributed by atoms with van der Waals surface area (Å²) in [5, 5.41) is 11.1. The van der Waals surface area contributed by atoms with Gasteiger partial charge in [-0.3, -0.25) is 4.79 Å². The average molecular weight is 381 g/mol. The zero-order valence-electron chi connectivity index (χ0n) is 16.5. The molecule has 2 aromatic heterocycles. The van der Waals surface area contributed by atoms with E-state index >= 15 is 0 Å². The van der Waals surface area contributed by atoms with Crippen molar-refractivity contribution in [3.63, 3.8) is 0 Å². The van der Waals surface area contributed by atoms with Crippen LogP contribution in [0.4, 0.5) is 17.5 Å². The molecule has 9 nitrogen and oxygen atoms in total. The monoisotopic (exact) mass is 381 g/mol. The predicted molar refractivity (Wildman–Crippen MR) is 106 cm³/mol. The van der Waals surface area contributed by atoms with E-state index in [2.05, 4.69) is 25.5 Å². The van der Waals surface area contributed by atoms with E-state index in [1.54, 1.807) is 37.3 Å². The molecule has 0 aliphatic heterocycles. The first kappa shape index (κ1) is 19.3. The zero-order valence-corrected chi connectivity index (χ0v) is 16.5. The minimum Gasteiger partial charge on any atom is -0.420 e. The molecule has 9 heteroatoms. The van der Waals surface area contributed by atoms with Crippen LogP contribution in [0.25, 0.3) is 11.5 Å². The van der Waals surface area contributed by atoms with Crippen LogP contribution in [0.1, 0.15) is 41.6 Å². The molecule has 2 heterocycles. The molecule has 1 aromatic carbocycles. The highest BCUT2D eigenvalue weighted by Gasteiger charge is 2.16. The van der Waals surface area contributed by atoms with Crippen molar-refractivity contribution in [1.82, 2.24) is 25.1 Å². The van der Waals surface area contributed by atoms with Crippen LogP contribution in [-0.4, -0.2) is 45.1 Å².